The van der Waals surface area contributed by atoms with Crippen molar-refractivity contribution in [1.82, 2.24) is 5.43 Å². The van der Waals surface area contributed by atoms with Crippen LogP contribution in [0.5, 0.6) is 5.75 Å². The Bertz CT molecular complexity index is 522. The van der Waals surface area contributed by atoms with Crippen molar-refractivity contribution < 1.29 is 14.5 Å². The van der Waals surface area contributed by atoms with E-state index in [9.17, 15) is 14.9 Å². The molecule has 1 aromatic carbocycles. The average Bonchev–Trinajstić information content (AvgIpc) is 2.38. The highest BCUT2D eigenvalue weighted by Crippen LogP contribution is 2.35. The summed E-state index contributed by atoms with van der Waals surface area (Å²) in [6.07, 6.45) is 0.266. The van der Waals surface area contributed by atoms with Crippen molar-refractivity contribution >= 4 is 27.5 Å². The van der Waals surface area contributed by atoms with E-state index in [-0.39, 0.29) is 29.9 Å². The third kappa shape index (κ3) is 4.46. The lowest BCUT2D eigenvalue weighted by Crippen LogP contribution is -2.30. The Hall–Kier alpha value is -1.67. The maximum atomic E-state index is 11.0. The molecule has 0 aliphatic heterocycles. The molecule has 0 heterocycles. The number of rotatable bonds is 6. The predicted molar refractivity (Wildman–Crippen MR) is 77.2 cm³/mol. The van der Waals surface area contributed by atoms with E-state index in [1.165, 1.54) is 6.07 Å². The Balaban J connectivity index is 2.86. The van der Waals surface area contributed by atoms with E-state index in [2.05, 4.69) is 15.9 Å². The summed E-state index contributed by atoms with van der Waals surface area (Å²) in [6, 6.07) is 3.13. The first-order valence-electron chi connectivity index (χ1n) is 5.95. The van der Waals surface area contributed by atoms with Crippen LogP contribution in [-0.4, -0.2) is 16.9 Å². The number of halogens is 1. The second-order valence-corrected chi connectivity index (χ2v) is 5.28. The number of nitro benzene ring substituents is 1. The van der Waals surface area contributed by atoms with Crippen molar-refractivity contribution in [2.75, 3.05) is 0 Å². The predicted octanol–water partition coefficient (Wildman–Crippen LogP) is 2.20. The number of hydrazine groups is 1. The van der Waals surface area contributed by atoms with Gasteiger partial charge in [0.2, 0.25) is 5.91 Å². The van der Waals surface area contributed by atoms with Gasteiger partial charge in [-0.1, -0.05) is 15.9 Å². The largest absolute Gasteiger partial charge is 0.484 e. The van der Waals surface area contributed by atoms with Gasteiger partial charge in [0, 0.05) is 17.0 Å². The number of aryl methyl sites for hydroxylation is 1. The second-order valence-electron chi connectivity index (χ2n) is 4.36. The van der Waals surface area contributed by atoms with Gasteiger partial charge in [0.25, 0.3) is 0 Å². The fraction of sp³-hybridized carbons (Fsp3) is 0.417. The molecule has 1 atom stereocenters. The first kappa shape index (κ1) is 16.4. The Labute approximate surface area is 124 Å². The molecule has 0 aliphatic carbocycles. The molecule has 1 unspecified atom stereocenters. The molecule has 1 amide bonds. The molecular weight excluding hydrogens is 330 g/mol. The lowest BCUT2D eigenvalue weighted by atomic mass is 10.1. The summed E-state index contributed by atoms with van der Waals surface area (Å²) in [5.41, 5.74) is 2.57. The highest BCUT2D eigenvalue weighted by molar-refractivity contribution is 9.10. The fourth-order valence-electron chi connectivity index (χ4n) is 1.67. The van der Waals surface area contributed by atoms with E-state index in [1.54, 1.807) is 19.9 Å². The van der Waals surface area contributed by atoms with E-state index in [1.807, 2.05) is 5.43 Å². The number of hydrogen-bond acceptors (Lipinski definition) is 5. The van der Waals surface area contributed by atoms with Gasteiger partial charge in [-0.05, 0) is 31.9 Å². The van der Waals surface area contributed by atoms with Gasteiger partial charge < -0.3 is 4.74 Å². The number of benzene rings is 1. The summed E-state index contributed by atoms with van der Waals surface area (Å²) in [4.78, 5) is 21.6. The van der Waals surface area contributed by atoms with Gasteiger partial charge >= 0.3 is 5.69 Å². The van der Waals surface area contributed by atoms with Crippen LogP contribution < -0.4 is 16.0 Å². The number of hydrogen-bond donors (Lipinski definition) is 2. The molecule has 0 saturated heterocycles. The summed E-state index contributed by atoms with van der Waals surface area (Å²) in [7, 11) is 0. The topological polar surface area (TPSA) is 107 Å². The Morgan fingerprint density at radius 2 is 2.25 bits per heavy atom. The Morgan fingerprint density at radius 3 is 2.80 bits per heavy atom. The molecule has 0 spiro atoms. The van der Waals surface area contributed by atoms with Crippen LogP contribution in [0, 0.1) is 17.0 Å². The first-order chi connectivity index (χ1) is 9.35. The standard InChI is InChI=1S/C12H16BrN3O4/c1-7-5-9(13)6-10(16(18)19)12(7)20-8(2)3-4-11(17)15-14/h5-6,8H,3-4,14H2,1-2H3,(H,15,17). The zero-order valence-corrected chi connectivity index (χ0v) is 12.8. The SMILES string of the molecule is Cc1cc(Br)cc([N+](=O)[O-])c1OC(C)CCC(=O)NN. The van der Waals surface area contributed by atoms with E-state index in [0.717, 1.165) is 0 Å². The van der Waals surface area contributed by atoms with Crippen LogP contribution in [0.15, 0.2) is 16.6 Å². The third-order valence-electron chi connectivity index (χ3n) is 2.67. The zero-order chi connectivity index (χ0) is 15.3. The van der Waals surface area contributed by atoms with Crippen molar-refractivity contribution in [3.63, 3.8) is 0 Å². The minimum atomic E-state index is -0.494. The number of carbonyl (C=O) groups is 1. The van der Waals surface area contributed by atoms with Crippen LogP contribution in [-0.2, 0) is 4.79 Å². The molecule has 110 valence electrons. The Morgan fingerprint density at radius 1 is 1.60 bits per heavy atom. The van der Waals surface area contributed by atoms with Gasteiger partial charge in [0.05, 0.1) is 11.0 Å². The number of nitrogens with zero attached hydrogens (tertiary/aromatic N) is 1. The maximum Gasteiger partial charge on any atom is 0.312 e. The first-order valence-corrected chi connectivity index (χ1v) is 6.75. The lowest BCUT2D eigenvalue weighted by molar-refractivity contribution is -0.386. The molecule has 1 rings (SSSR count). The molecule has 0 aliphatic rings. The number of nitrogens with two attached hydrogens (primary N) is 1. The highest BCUT2D eigenvalue weighted by Gasteiger charge is 2.21. The summed E-state index contributed by atoms with van der Waals surface area (Å²) >= 11 is 3.21. The number of ether oxygens (including phenoxy) is 1. The quantitative estimate of drug-likeness (QED) is 0.355. The molecule has 0 radical (unpaired) electrons. The fourth-order valence-corrected chi connectivity index (χ4v) is 2.23. The van der Waals surface area contributed by atoms with E-state index in [0.29, 0.717) is 16.5 Å². The smallest absolute Gasteiger partial charge is 0.312 e. The number of nitrogens with one attached hydrogen (secondary N) is 1. The van der Waals surface area contributed by atoms with Crippen LogP contribution in [0.2, 0.25) is 0 Å². The number of nitro groups is 1. The molecule has 0 fully saturated rings. The van der Waals surface area contributed by atoms with Gasteiger partial charge in [0.1, 0.15) is 0 Å². The van der Waals surface area contributed by atoms with E-state index >= 15 is 0 Å². The van der Waals surface area contributed by atoms with Crippen LogP contribution in [0.1, 0.15) is 25.3 Å². The van der Waals surface area contributed by atoms with Gasteiger partial charge in [0.15, 0.2) is 5.75 Å². The molecule has 8 heteroatoms. The molecular formula is C12H16BrN3O4. The maximum absolute atomic E-state index is 11.0. The van der Waals surface area contributed by atoms with Gasteiger partial charge in [-0.15, -0.1) is 0 Å². The summed E-state index contributed by atoms with van der Waals surface area (Å²) in [5.74, 6) is 4.90. The van der Waals surface area contributed by atoms with Gasteiger partial charge in [-0.25, -0.2) is 5.84 Å². The Kier molecular flexibility index (Phi) is 5.90. The minimum absolute atomic E-state index is 0.105. The molecule has 7 nitrogen and oxygen atoms in total. The van der Waals surface area contributed by atoms with Crippen molar-refractivity contribution in [3.8, 4) is 5.75 Å². The molecule has 0 aromatic heterocycles. The monoisotopic (exact) mass is 345 g/mol. The van der Waals surface area contributed by atoms with E-state index < -0.39 is 4.92 Å². The van der Waals surface area contributed by atoms with Gasteiger partial charge in [-0.2, -0.15) is 0 Å². The number of carbonyl (C=O) groups excluding carboxylic acids is 1. The molecule has 0 bridgehead atoms. The molecule has 1 aromatic rings. The van der Waals surface area contributed by atoms with Crippen molar-refractivity contribution in [3.05, 3.63) is 32.3 Å². The van der Waals surface area contributed by atoms with Crippen LogP contribution in [0.4, 0.5) is 5.69 Å². The van der Waals surface area contributed by atoms with Crippen LogP contribution in [0.25, 0.3) is 0 Å². The highest BCUT2D eigenvalue weighted by atomic mass is 79.9. The minimum Gasteiger partial charge on any atom is -0.484 e. The van der Waals surface area contributed by atoms with Crippen molar-refractivity contribution in [2.24, 2.45) is 5.84 Å². The van der Waals surface area contributed by atoms with Crippen LogP contribution in [0.3, 0.4) is 0 Å². The zero-order valence-electron chi connectivity index (χ0n) is 11.2. The molecule has 0 saturated carbocycles. The normalized spacial score (nSPS) is 11.8. The molecule has 3 N–H and O–H groups in total. The van der Waals surface area contributed by atoms with E-state index in [4.69, 9.17) is 10.6 Å². The summed E-state index contributed by atoms with van der Waals surface area (Å²) in [6.45, 7) is 3.47. The third-order valence-corrected chi connectivity index (χ3v) is 3.13. The molecule has 20 heavy (non-hydrogen) atoms. The summed E-state index contributed by atoms with van der Waals surface area (Å²) < 4.78 is 6.22. The second kappa shape index (κ2) is 7.20. The lowest BCUT2D eigenvalue weighted by Gasteiger charge is -2.16. The van der Waals surface area contributed by atoms with Crippen molar-refractivity contribution in [1.29, 1.82) is 0 Å². The summed E-state index contributed by atoms with van der Waals surface area (Å²) in [5, 5.41) is 11.0. The van der Waals surface area contributed by atoms with Gasteiger partial charge in [-0.3, -0.25) is 20.3 Å². The van der Waals surface area contributed by atoms with Crippen LogP contribution >= 0.6 is 15.9 Å². The van der Waals surface area contributed by atoms with Crippen molar-refractivity contribution in [2.45, 2.75) is 32.8 Å². The average molecular weight is 346 g/mol. The number of amides is 1.